The van der Waals surface area contributed by atoms with Crippen molar-refractivity contribution in [2.75, 3.05) is 6.54 Å². The minimum absolute atomic E-state index is 0.00429. The number of amides is 1. The first-order valence-electron chi connectivity index (χ1n) is 8.38. The Bertz CT molecular complexity index is 700. The van der Waals surface area contributed by atoms with Gasteiger partial charge in [-0.1, -0.05) is 13.8 Å². The van der Waals surface area contributed by atoms with Crippen LogP contribution in [-0.4, -0.2) is 42.3 Å². The summed E-state index contributed by atoms with van der Waals surface area (Å²) in [6, 6.07) is 1.71. The molecule has 0 unspecified atom stereocenters. The van der Waals surface area contributed by atoms with E-state index in [-0.39, 0.29) is 11.9 Å². The Balaban J connectivity index is 1.67. The molecular formula is C16H22N6O. The van der Waals surface area contributed by atoms with Crippen molar-refractivity contribution in [3.8, 4) is 0 Å². The van der Waals surface area contributed by atoms with Gasteiger partial charge in [-0.2, -0.15) is 10.2 Å². The Hall–Kier alpha value is -2.18. The minimum atomic E-state index is -0.0143. The zero-order valence-electron chi connectivity index (χ0n) is 13.6. The number of fused-ring (bicyclic) bond motifs is 1. The summed E-state index contributed by atoms with van der Waals surface area (Å²) in [6.45, 7) is 5.73. The fourth-order valence-electron chi connectivity index (χ4n) is 3.25. The number of nitrogens with one attached hydrogen (secondary N) is 1. The lowest BCUT2D eigenvalue weighted by atomic mass is 10.00. The molecular weight excluding hydrogens is 292 g/mol. The van der Waals surface area contributed by atoms with Crippen LogP contribution in [0.25, 0.3) is 0 Å². The molecule has 7 nitrogen and oxygen atoms in total. The van der Waals surface area contributed by atoms with Crippen LogP contribution in [0.3, 0.4) is 0 Å². The van der Waals surface area contributed by atoms with Gasteiger partial charge in [0.15, 0.2) is 5.82 Å². The van der Waals surface area contributed by atoms with Gasteiger partial charge >= 0.3 is 0 Å². The first-order valence-corrected chi connectivity index (χ1v) is 8.38. The monoisotopic (exact) mass is 314 g/mol. The SMILES string of the molecule is CC(C)C[C@H]1c2nc(C3CC3)nn2CCN1C(=O)c1ccn[nH]1. The van der Waals surface area contributed by atoms with Gasteiger partial charge in [-0.25, -0.2) is 9.67 Å². The second kappa shape index (κ2) is 5.47. The predicted molar refractivity (Wildman–Crippen MR) is 83.8 cm³/mol. The van der Waals surface area contributed by atoms with E-state index in [9.17, 15) is 4.79 Å². The molecule has 1 N–H and O–H groups in total. The number of nitrogens with zero attached hydrogens (tertiary/aromatic N) is 5. The molecule has 0 saturated heterocycles. The Morgan fingerprint density at radius 2 is 2.22 bits per heavy atom. The molecule has 23 heavy (non-hydrogen) atoms. The van der Waals surface area contributed by atoms with Crippen LogP contribution in [0.2, 0.25) is 0 Å². The van der Waals surface area contributed by atoms with E-state index in [0.29, 0.717) is 30.6 Å². The zero-order chi connectivity index (χ0) is 16.0. The van der Waals surface area contributed by atoms with Crippen LogP contribution in [-0.2, 0) is 6.54 Å². The molecule has 7 heteroatoms. The fourth-order valence-corrected chi connectivity index (χ4v) is 3.25. The number of carbonyl (C=O) groups excluding carboxylic acids is 1. The highest BCUT2D eigenvalue weighted by Gasteiger charge is 2.37. The van der Waals surface area contributed by atoms with Gasteiger partial charge in [0.2, 0.25) is 0 Å². The average Bonchev–Trinajstić information content (AvgIpc) is 3.06. The first kappa shape index (κ1) is 14.4. The summed E-state index contributed by atoms with van der Waals surface area (Å²) < 4.78 is 2.01. The van der Waals surface area contributed by atoms with Gasteiger partial charge in [-0.05, 0) is 31.2 Å². The third-order valence-electron chi connectivity index (χ3n) is 4.57. The third-order valence-corrected chi connectivity index (χ3v) is 4.57. The van der Waals surface area contributed by atoms with Crippen LogP contribution in [0.5, 0.6) is 0 Å². The van der Waals surface area contributed by atoms with Crippen molar-refractivity contribution < 1.29 is 4.79 Å². The number of H-pyrrole nitrogens is 1. The van der Waals surface area contributed by atoms with E-state index >= 15 is 0 Å². The molecule has 0 radical (unpaired) electrons. The van der Waals surface area contributed by atoms with Crippen LogP contribution in [0, 0.1) is 5.92 Å². The number of carbonyl (C=O) groups is 1. The summed E-state index contributed by atoms with van der Waals surface area (Å²) in [5, 5.41) is 11.4. The second-order valence-electron chi connectivity index (χ2n) is 6.94. The Kier molecular flexibility index (Phi) is 3.43. The molecule has 122 valence electrons. The summed E-state index contributed by atoms with van der Waals surface area (Å²) in [5.74, 6) is 2.91. The normalized spacial score (nSPS) is 20.8. The lowest BCUT2D eigenvalue weighted by Crippen LogP contribution is -2.43. The molecule has 1 aliphatic heterocycles. The van der Waals surface area contributed by atoms with Crippen LogP contribution in [0.4, 0.5) is 0 Å². The molecule has 0 bridgehead atoms. The summed E-state index contributed by atoms with van der Waals surface area (Å²) >= 11 is 0. The maximum atomic E-state index is 12.8. The highest BCUT2D eigenvalue weighted by Crippen LogP contribution is 2.40. The van der Waals surface area contributed by atoms with Gasteiger partial charge in [-0.15, -0.1) is 0 Å². The minimum Gasteiger partial charge on any atom is -0.325 e. The van der Waals surface area contributed by atoms with Gasteiger partial charge in [0, 0.05) is 18.7 Å². The molecule has 1 amide bonds. The van der Waals surface area contributed by atoms with Crippen LogP contribution in [0.1, 0.15) is 67.2 Å². The zero-order valence-corrected chi connectivity index (χ0v) is 13.6. The maximum Gasteiger partial charge on any atom is 0.272 e. The molecule has 1 saturated carbocycles. The fraction of sp³-hybridized carbons (Fsp3) is 0.625. The van der Waals surface area contributed by atoms with E-state index < -0.39 is 0 Å². The van der Waals surface area contributed by atoms with E-state index in [4.69, 9.17) is 4.98 Å². The third kappa shape index (κ3) is 2.64. The van der Waals surface area contributed by atoms with E-state index in [2.05, 4.69) is 29.1 Å². The number of rotatable bonds is 4. The number of hydrogen-bond acceptors (Lipinski definition) is 4. The van der Waals surface area contributed by atoms with Gasteiger partial charge in [-0.3, -0.25) is 9.89 Å². The molecule has 1 atom stereocenters. The van der Waals surface area contributed by atoms with E-state index in [0.717, 1.165) is 18.1 Å². The van der Waals surface area contributed by atoms with Crippen LogP contribution in [0.15, 0.2) is 12.3 Å². The van der Waals surface area contributed by atoms with Crippen molar-refractivity contribution in [2.24, 2.45) is 5.92 Å². The quantitative estimate of drug-likeness (QED) is 0.937. The van der Waals surface area contributed by atoms with Gasteiger partial charge in [0.25, 0.3) is 5.91 Å². The highest BCUT2D eigenvalue weighted by molar-refractivity contribution is 5.92. The smallest absolute Gasteiger partial charge is 0.272 e. The molecule has 2 aromatic heterocycles. The van der Waals surface area contributed by atoms with Crippen molar-refractivity contribution in [1.29, 1.82) is 0 Å². The molecule has 1 aliphatic carbocycles. The van der Waals surface area contributed by atoms with Crippen LogP contribution >= 0.6 is 0 Å². The van der Waals surface area contributed by atoms with Crippen molar-refractivity contribution in [2.45, 2.75) is 51.6 Å². The molecule has 0 spiro atoms. The summed E-state index contributed by atoms with van der Waals surface area (Å²) in [7, 11) is 0. The first-order chi connectivity index (χ1) is 11.1. The van der Waals surface area contributed by atoms with Crippen LogP contribution < -0.4 is 0 Å². The Labute approximate surface area is 135 Å². The van der Waals surface area contributed by atoms with Gasteiger partial charge in [0.1, 0.15) is 11.5 Å². The molecule has 4 rings (SSSR count). The molecule has 3 heterocycles. The van der Waals surface area contributed by atoms with E-state index in [1.54, 1.807) is 12.3 Å². The predicted octanol–water partition coefficient (Wildman–Crippen LogP) is 2.12. The summed E-state index contributed by atoms with van der Waals surface area (Å²) in [5.41, 5.74) is 0.536. The summed E-state index contributed by atoms with van der Waals surface area (Å²) in [6.07, 6.45) is 4.88. The van der Waals surface area contributed by atoms with Crippen molar-refractivity contribution in [1.82, 2.24) is 29.9 Å². The van der Waals surface area contributed by atoms with Crippen molar-refractivity contribution >= 4 is 5.91 Å². The number of aromatic nitrogens is 5. The Morgan fingerprint density at radius 1 is 1.39 bits per heavy atom. The topological polar surface area (TPSA) is 79.7 Å². The lowest BCUT2D eigenvalue weighted by Gasteiger charge is -2.35. The largest absolute Gasteiger partial charge is 0.325 e. The van der Waals surface area contributed by atoms with Crippen molar-refractivity contribution in [3.05, 3.63) is 29.6 Å². The average molecular weight is 314 g/mol. The molecule has 2 aliphatic rings. The second-order valence-corrected chi connectivity index (χ2v) is 6.94. The Morgan fingerprint density at radius 3 is 2.87 bits per heavy atom. The maximum absolute atomic E-state index is 12.8. The highest BCUT2D eigenvalue weighted by atomic mass is 16.2. The lowest BCUT2D eigenvalue weighted by molar-refractivity contribution is 0.0572. The standard InChI is InChI=1S/C16H22N6O/c1-10(2)9-13-15-18-14(11-3-4-11)20-22(15)8-7-21(13)16(23)12-5-6-17-19-12/h5-6,10-11,13H,3-4,7-9H2,1-2H3,(H,17,19)/t13-/m0/s1. The molecule has 0 aromatic carbocycles. The van der Waals surface area contributed by atoms with Gasteiger partial charge in [0.05, 0.1) is 12.6 Å². The number of hydrogen-bond donors (Lipinski definition) is 1. The molecule has 2 aromatic rings. The van der Waals surface area contributed by atoms with Crippen molar-refractivity contribution in [3.63, 3.8) is 0 Å². The van der Waals surface area contributed by atoms with Gasteiger partial charge < -0.3 is 4.90 Å². The molecule has 1 fully saturated rings. The van der Waals surface area contributed by atoms with E-state index in [1.165, 1.54) is 12.8 Å². The summed E-state index contributed by atoms with van der Waals surface area (Å²) in [4.78, 5) is 19.5. The number of aromatic amines is 1. The van der Waals surface area contributed by atoms with E-state index in [1.807, 2.05) is 9.58 Å².